The Balaban J connectivity index is 1.99. The van der Waals surface area contributed by atoms with E-state index in [1.165, 1.54) is 0 Å². The van der Waals surface area contributed by atoms with Gasteiger partial charge in [-0.15, -0.1) is 0 Å². The van der Waals surface area contributed by atoms with Crippen molar-refractivity contribution in [3.8, 4) is 5.75 Å². The lowest BCUT2D eigenvalue weighted by Gasteiger charge is -2.08. The first-order valence-electron chi connectivity index (χ1n) is 5.91. The molecule has 0 radical (unpaired) electrons. The molecule has 96 valence electrons. The summed E-state index contributed by atoms with van der Waals surface area (Å²) in [6.45, 7) is 3.36. The van der Waals surface area contributed by atoms with Crippen molar-refractivity contribution in [2.24, 2.45) is 0 Å². The van der Waals surface area contributed by atoms with Gasteiger partial charge in [-0.25, -0.2) is 0 Å². The molecule has 0 amide bonds. The SMILES string of the molecule is COCCNCCCCOc1ccccc1Cl. The number of hydrogen-bond acceptors (Lipinski definition) is 3. The fourth-order valence-electron chi connectivity index (χ4n) is 1.40. The lowest BCUT2D eigenvalue weighted by atomic mass is 10.3. The highest BCUT2D eigenvalue weighted by Crippen LogP contribution is 2.23. The van der Waals surface area contributed by atoms with Crippen LogP contribution in [0.5, 0.6) is 5.75 Å². The summed E-state index contributed by atoms with van der Waals surface area (Å²) in [5.41, 5.74) is 0. The molecule has 1 aromatic rings. The van der Waals surface area contributed by atoms with Crippen LogP contribution in [0.2, 0.25) is 5.02 Å². The van der Waals surface area contributed by atoms with E-state index in [0.717, 1.165) is 38.3 Å². The van der Waals surface area contributed by atoms with E-state index in [1.807, 2.05) is 24.3 Å². The zero-order valence-electron chi connectivity index (χ0n) is 10.2. The van der Waals surface area contributed by atoms with Crippen molar-refractivity contribution < 1.29 is 9.47 Å². The van der Waals surface area contributed by atoms with Crippen molar-refractivity contribution in [1.82, 2.24) is 5.32 Å². The van der Waals surface area contributed by atoms with Crippen LogP contribution in [-0.4, -0.2) is 33.4 Å². The van der Waals surface area contributed by atoms with E-state index in [0.29, 0.717) is 11.6 Å². The van der Waals surface area contributed by atoms with Gasteiger partial charge in [0.25, 0.3) is 0 Å². The van der Waals surface area contributed by atoms with Gasteiger partial charge in [-0.1, -0.05) is 23.7 Å². The number of benzene rings is 1. The third-order valence-corrected chi connectivity index (χ3v) is 2.64. The van der Waals surface area contributed by atoms with Crippen molar-refractivity contribution in [2.45, 2.75) is 12.8 Å². The van der Waals surface area contributed by atoms with Crippen LogP contribution in [-0.2, 0) is 4.74 Å². The molecule has 4 heteroatoms. The van der Waals surface area contributed by atoms with Crippen LogP contribution in [0.1, 0.15) is 12.8 Å². The molecule has 0 aromatic heterocycles. The topological polar surface area (TPSA) is 30.5 Å². The number of para-hydroxylation sites is 1. The maximum atomic E-state index is 5.97. The van der Waals surface area contributed by atoms with E-state index >= 15 is 0 Å². The maximum Gasteiger partial charge on any atom is 0.137 e. The molecule has 0 bridgehead atoms. The van der Waals surface area contributed by atoms with Gasteiger partial charge in [0, 0.05) is 13.7 Å². The highest BCUT2D eigenvalue weighted by atomic mass is 35.5. The lowest BCUT2D eigenvalue weighted by Crippen LogP contribution is -2.20. The number of ether oxygens (including phenoxy) is 2. The highest BCUT2D eigenvalue weighted by molar-refractivity contribution is 6.32. The maximum absolute atomic E-state index is 5.97. The molecule has 0 atom stereocenters. The van der Waals surface area contributed by atoms with E-state index in [4.69, 9.17) is 21.1 Å². The smallest absolute Gasteiger partial charge is 0.137 e. The van der Waals surface area contributed by atoms with Gasteiger partial charge in [0.1, 0.15) is 5.75 Å². The molecular weight excluding hydrogens is 238 g/mol. The number of rotatable bonds is 9. The summed E-state index contributed by atoms with van der Waals surface area (Å²) in [5, 5.41) is 3.96. The molecule has 1 N–H and O–H groups in total. The number of halogens is 1. The van der Waals surface area contributed by atoms with Gasteiger partial charge < -0.3 is 14.8 Å². The Morgan fingerprint density at radius 3 is 2.71 bits per heavy atom. The number of unbranched alkanes of at least 4 members (excludes halogenated alkanes) is 1. The summed E-state index contributed by atoms with van der Waals surface area (Å²) in [6.07, 6.45) is 2.11. The van der Waals surface area contributed by atoms with Crippen LogP contribution >= 0.6 is 11.6 Å². The van der Waals surface area contributed by atoms with Crippen LogP contribution in [0.3, 0.4) is 0 Å². The number of hydrogen-bond donors (Lipinski definition) is 1. The van der Waals surface area contributed by atoms with Gasteiger partial charge in [0.05, 0.1) is 18.2 Å². The first-order valence-corrected chi connectivity index (χ1v) is 6.29. The van der Waals surface area contributed by atoms with E-state index in [1.54, 1.807) is 7.11 Å². The molecule has 0 heterocycles. The van der Waals surface area contributed by atoms with Gasteiger partial charge >= 0.3 is 0 Å². The first-order chi connectivity index (χ1) is 8.34. The fraction of sp³-hybridized carbons (Fsp3) is 0.538. The highest BCUT2D eigenvalue weighted by Gasteiger charge is 1.98. The Kier molecular flexibility index (Phi) is 7.80. The van der Waals surface area contributed by atoms with Gasteiger partial charge in [-0.2, -0.15) is 0 Å². The van der Waals surface area contributed by atoms with Gasteiger partial charge in [0.15, 0.2) is 0 Å². The second kappa shape index (κ2) is 9.28. The fourth-order valence-corrected chi connectivity index (χ4v) is 1.59. The third-order valence-electron chi connectivity index (χ3n) is 2.33. The summed E-state index contributed by atoms with van der Waals surface area (Å²) in [4.78, 5) is 0. The normalized spacial score (nSPS) is 10.5. The van der Waals surface area contributed by atoms with E-state index in [2.05, 4.69) is 5.32 Å². The predicted octanol–water partition coefficient (Wildman–Crippen LogP) is 2.74. The molecule has 0 saturated heterocycles. The van der Waals surface area contributed by atoms with Crippen molar-refractivity contribution in [1.29, 1.82) is 0 Å². The second-order valence-corrected chi connectivity index (χ2v) is 4.14. The number of nitrogens with one attached hydrogen (secondary N) is 1. The van der Waals surface area contributed by atoms with E-state index in [9.17, 15) is 0 Å². The third kappa shape index (κ3) is 6.51. The average Bonchev–Trinajstić information content (AvgIpc) is 2.35. The molecule has 1 aromatic carbocycles. The summed E-state index contributed by atoms with van der Waals surface area (Å²) < 4.78 is 10.5. The average molecular weight is 258 g/mol. The van der Waals surface area contributed by atoms with Crippen molar-refractivity contribution in [3.63, 3.8) is 0 Å². The molecule has 0 aliphatic rings. The summed E-state index contributed by atoms with van der Waals surface area (Å²) in [6, 6.07) is 7.55. The Morgan fingerprint density at radius 1 is 1.12 bits per heavy atom. The molecule has 1 rings (SSSR count). The van der Waals surface area contributed by atoms with Crippen molar-refractivity contribution in [3.05, 3.63) is 29.3 Å². The van der Waals surface area contributed by atoms with Crippen LogP contribution in [0, 0.1) is 0 Å². The van der Waals surface area contributed by atoms with E-state index in [-0.39, 0.29) is 0 Å². The second-order valence-electron chi connectivity index (χ2n) is 3.73. The minimum Gasteiger partial charge on any atom is -0.492 e. The Hall–Kier alpha value is -0.770. The molecule has 0 unspecified atom stereocenters. The van der Waals surface area contributed by atoms with Crippen LogP contribution in [0.4, 0.5) is 0 Å². The van der Waals surface area contributed by atoms with Crippen molar-refractivity contribution >= 4 is 11.6 Å². The first kappa shape index (κ1) is 14.3. The molecule has 0 aliphatic carbocycles. The molecular formula is C13H20ClNO2. The Labute approximate surface area is 108 Å². The monoisotopic (exact) mass is 257 g/mol. The van der Waals surface area contributed by atoms with Crippen LogP contribution in [0.15, 0.2) is 24.3 Å². The summed E-state index contributed by atoms with van der Waals surface area (Å²) >= 11 is 5.97. The van der Waals surface area contributed by atoms with Gasteiger partial charge in [-0.05, 0) is 31.5 Å². The van der Waals surface area contributed by atoms with Crippen molar-refractivity contribution in [2.75, 3.05) is 33.4 Å². The predicted molar refractivity (Wildman–Crippen MR) is 70.9 cm³/mol. The molecule has 17 heavy (non-hydrogen) atoms. The summed E-state index contributed by atoms with van der Waals surface area (Å²) in [7, 11) is 1.71. The van der Waals surface area contributed by atoms with E-state index < -0.39 is 0 Å². The standard InChI is InChI=1S/C13H20ClNO2/c1-16-11-9-15-8-4-5-10-17-13-7-3-2-6-12(13)14/h2-3,6-7,15H,4-5,8-11H2,1H3. The largest absolute Gasteiger partial charge is 0.492 e. The minimum atomic E-state index is 0.672. The zero-order valence-corrected chi connectivity index (χ0v) is 11.0. The molecule has 0 fully saturated rings. The van der Waals surface area contributed by atoms with Gasteiger partial charge in [0.2, 0.25) is 0 Å². The minimum absolute atomic E-state index is 0.672. The van der Waals surface area contributed by atoms with Crippen LogP contribution < -0.4 is 10.1 Å². The zero-order chi connectivity index (χ0) is 12.3. The quantitative estimate of drug-likeness (QED) is 0.690. The van der Waals surface area contributed by atoms with Gasteiger partial charge in [-0.3, -0.25) is 0 Å². The lowest BCUT2D eigenvalue weighted by molar-refractivity contribution is 0.199. The summed E-state index contributed by atoms with van der Waals surface area (Å²) in [5.74, 6) is 0.765. The number of methoxy groups -OCH3 is 1. The molecule has 0 aliphatic heterocycles. The molecule has 0 spiro atoms. The molecule has 3 nitrogen and oxygen atoms in total. The Morgan fingerprint density at radius 2 is 1.94 bits per heavy atom. The Bertz CT molecular complexity index is 307. The molecule has 0 saturated carbocycles. The van der Waals surface area contributed by atoms with Crippen LogP contribution in [0.25, 0.3) is 0 Å².